The number of hydrogen-bond acceptors (Lipinski definition) is 2. The van der Waals surface area contributed by atoms with Crippen molar-refractivity contribution in [3.8, 4) is 0 Å². The van der Waals surface area contributed by atoms with E-state index in [4.69, 9.17) is 11.5 Å². The van der Waals surface area contributed by atoms with Crippen molar-refractivity contribution < 1.29 is 0 Å². The molecule has 0 heterocycles. The van der Waals surface area contributed by atoms with Gasteiger partial charge < -0.3 is 11.5 Å². The molecule has 2 atom stereocenters. The summed E-state index contributed by atoms with van der Waals surface area (Å²) in [6, 6.07) is 35.6. The molecule has 4 aromatic carbocycles. The summed E-state index contributed by atoms with van der Waals surface area (Å²) in [6.45, 7) is 6.83. The van der Waals surface area contributed by atoms with E-state index in [9.17, 15) is 0 Å². The molecule has 0 aliphatic carbocycles. The van der Waals surface area contributed by atoms with Crippen molar-refractivity contribution >= 4 is 11.4 Å². The third-order valence-corrected chi connectivity index (χ3v) is 8.52. The summed E-state index contributed by atoms with van der Waals surface area (Å²) in [4.78, 5) is 0. The van der Waals surface area contributed by atoms with Crippen LogP contribution in [0.4, 0.5) is 11.4 Å². The first-order valence-electron chi connectivity index (χ1n) is 15.4. The maximum atomic E-state index is 5.92. The van der Waals surface area contributed by atoms with Gasteiger partial charge in [-0.05, 0) is 95.7 Å². The minimum absolute atomic E-state index is 0.411. The minimum Gasteiger partial charge on any atom is -0.399 e. The predicted octanol–water partition coefficient (Wildman–Crippen LogP) is 9.92. The molecule has 0 fully saturated rings. The molecule has 0 bridgehead atoms. The molecular formula is C38H48N2. The zero-order valence-corrected chi connectivity index (χ0v) is 24.8. The standard InChI is InChI=1S/C38H48N2/c1-4-7-8-9-30(26-28-10-14-31(15-11-28)37(5-2)33-18-22-35(39)23-19-33)27-29-12-16-32(17-13-29)38(6-3)34-20-24-36(40)25-21-34/h10-25,30,37-38H,4-9,26-27,39-40H2,1-3H3. The van der Waals surface area contributed by atoms with Gasteiger partial charge in [-0.2, -0.15) is 0 Å². The molecule has 0 aromatic heterocycles. The molecule has 0 saturated carbocycles. The fourth-order valence-corrected chi connectivity index (χ4v) is 6.18. The lowest BCUT2D eigenvalue weighted by Crippen LogP contribution is -2.09. The van der Waals surface area contributed by atoms with Gasteiger partial charge in [0.2, 0.25) is 0 Å². The van der Waals surface area contributed by atoms with Gasteiger partial charge in [0.15, 0.2) is 0 Å². The molecule has 4 aromatic rings. The largest absolute Gasteiger partial charge is 0.399 e. The maximum absolute atomic E-state index is 5.92. The zero-order valence-electron chi connectivity index (χ0n) is 24.8. The Hall–Kier alpha value is -3.52. The molecule has 2 unspecified atom stereocenters. The Balaban J connectivity index is 1.45. The lowest BCUT2D eigenvalue weighted by Gasteiger charge is -2.20. The minimum atomic E-state index is 0.411. The van der Waals surface area contributed by atoms with Gasteiger partial charge >= 0.3 is 0 Å². The van der Waals surface area contributed by atoms with Gasteiger partial charge in [0.25, 0.3) is 0 Å². The zero-order chi connectivity index (χ0) is 28.3. The molecule has 2 nitrogen and oxygen atoms in total. The van der Waals surface area contributed by atoms with Gasteiger partial charge in [0.05, 0.1) is 0 Å². The lowest BCUT2D eigenvalue weighted by molar-refractivity contribution is 0.453. The number of unbranched alkanes of at least 4 members (excludes halogenated alkanes) is 2. The van der Waals surface area contributed by atoms with Crippen molar-refractivity contribution in [2.45, 2.75) is 84.0 Å². The number of hydrogen-bond donors (Lipinski definition) is 2. The molecular weight excluding hydrogens is 484 g/mol. The van der Waals surface area contributed by atoms with E-state index in [1.54, 1.807) is 0 Å². The third-order valence-electron chi connectivity index (χ3n) is 8.52. The van der Waals surface area contributed by atoms with Crippen LogP contribution in [-0.2, 0) is 12.8 Å². The first kappa shape index (κ1) is 29.5. The Morgan fingerprint density at radius 1 is 0.475 bits per heavy atom. The molecule has 0 saturated heterocycles. The Bertz CT molecular complexity index is 1170. The molecule has 4 rings (SSSR count). The summed E-state index contributed by atoms with van der Waals surface area (Å²) in [6.07, 6.45) is 9.59. The average Bonchev–Trinajstić information content (AvgIpc) is 2.97. The second-order valence-electron chi connectivity index (χ2n) is 11.5. The SMILES string of the molecule is CCCCCC(Cc1ccc(C(CC)c2ccc(N)cc2)cc1)Cc1ccc(C(CC)c2ccc(N)cc2)cc1. The van der Waals surface area contributed by atoms with Crippen molar-refractivity contribution in [3.05, 3.63) is 130 Å². The number of rotatable bonds is 14. The predicted molar refractivity (Wildman–Crippen MR) is 174 cm³/mol. The normalized spacial score (nSPS) is 13.6. The van der Waals surface area contributed by atoms with Gasteiger partial charge in [-0.3, -0.25) is 0 Å². The first-order chi connectivity index (χ1) is 19.5. The molecule has 0 amide bonds. The number of nitrogens with two attached hydrogens (primary N) is 2. The fourth-order valence-electron chi connectivity index (χ4n) is 6.18. The van der Waals surface area contributed by atoms with Crippen molar-refractivity contribution in [1.82, 2.24) is 0 Å². The average molecular weight is 533 g/mol. The molecule has 2 heteroatoms. The van der Waals surface area contributed by atoms with Crippen LogP contribution in [0.1, 0.15) is 105 Å². The molecule has 0 spiro atoms. The van der Waals surface area contributed by atoms with E-state index in [1.165, 1.54) is 59.1 Å². The Labute approximate surface area is 242 Å². The van der Waals surface area contributed by atoms with Crippen LogP contribution in [0.5, 0.6) is 0 Å². The number of anilines is 2. The molecule has 40 heavy (non-hydrogen) atoms. The van der Waals surface area contributed by atoms with Crippen LogP contribution < -0.4 is 11.5 Å². The topological polar surface area (TPSA) is 52.0 Å². The molecule has 0 radical (unpaired) electrons. The van der Waals surface area contributed by atoms with Gasteiger partial charge in [0, 0.05) is 23.2 Å². The van der Waals surface area contributed by atoms with Crippen LogP contribution in [0.15, 0.2) is 97.1 Å². The second-order valence-corrected chi connectivity index (χ2v) is 11.5. The number of nitrogen functional groups attached to an aromatic ring is 2. The monoisotopic (exact) mass is 532 g/mol. The van der Waals surface area contributed by atoms with Crippen molar-refractivity contribution in [3.63, 3.8) is 0 Å². The van der Waals surface area contributed by atoms with Gasteiger partial charge in [-0.25, -0.2) is 0 Å². The maximum Gasteiger partial charge on any atom is 0.0314 e. The van der Waals surface area contributed by atoms with E-state index >= 15 is 0 Å². The first-order valence-corrected chi connectivity index (χ1v) is 15.4. The smallest absolute Gasteiger partial charge is 0.0314 e. The van der Waals surface area contributed by atoms with Gasteiger partial charge in [-0.15, -0.1) is 0 Å². The Kier molecular flexibility index (Phi) is 10.9. The Morgan fingerprint density at radius 2 is 0.825 bits per heavy atom. The summed E-state index contributed by atoms with van der Waals surface area (Å²) in [7, 11) is 0. The highest BCUT2D eigenvalue weighted by Crippen LogP contribution is 2.31. The highest BCUT2D eigenvalue weighted by Gasteiger charge is 2.16. The van der Waals surface area contributed by atoms with Crippen LogP contribution in [0.2, 0.25) is 0 Å². The van der Waals surface area contributed by atoms with E-state index in [-0.39, 0.29) is 0 Å². The van der Waals surface area contributed by atoms with Crippen LogP contribution in [0.3, 0.4) is 0 Å². The van der Waals surface area contributed by atoms with Gasteiger partial charge in [0.1, 0.15) is 0 Å². The van der Waals surface area contributed by atoms with Crippen molar-refractivity contribution in [2.75, 3.05) is 11.5 Å². The fraction of sp³-hybridized carbons (Fsp3) is 0.368. The highest BCUT2D eigenvalue weighted by atomic mass is 14.5. The van der Waals surface area contributed by atoms with Crippen LogP contribution in [-0.4, -0.2) is 0 Å². The molecule has 210 valence electrons. The lowest BCUT2D eigenvalue weighted by atomic mass is 9.85. The molecule has 4 N–H and O–H groups in total. The summed E-state index contributed by atoms with van der Waals surface area (Å²) < 4.78 is 0. The third kappa shape index (κ3) is 8.01. The van der Waals surface area contributed by atoms with Crippen molar-refractivity contribution in [2.24, 2.45) is 5.92 Å². The van der Waals surface area contributed by atoms with E-state index in [0.29, 0.717) is 17.8 Å². The van der Waals surface area contributed by atoms with Gasteiger partial charge in [-0.1, -0.05) is 113 Å². The second kappa shape index (κ2) is 14.7. The summed E-state index contributed by atoms with van der Waals surface area (Å²) >= 11 is 0. The van der Waals surface area contributed by atoms with E-state index in [0.717, 1.165) is 37.1 Å². The Morgan fingerprint density at radius 3 is 1.15 bits per heavy atom. The molecule has 0 aliphatic heterocycles. The quantitative estimate of drug-likeness (QED) is 0.125. The summed E-state index contributed by atoms with van der Waals surface area (Å²) in [5, 5.41) is 0. The van der Waals surface area contributed by atoms with Crippen molar-refractivity contribution in [1.29, 1.82) is 0 Å². The van der Waals surface area contributed by atoms with E-state index in [2.05, 4.69) is 93.6 Å². The van der Waals surface area contributed by atoms with Crippen LogP contribution in [0, 0.1) is 5.92 Å². The van der Waals surface area contributed by atoms with E-state index in [1.807, 2.05) is 24.3 Å². The summed E-state index contributed by atoms with van der Waals surface area (Å²) in [5.74, 6) is 1.48. The summed E-state index contributed by atoms with van der Waals surface area (Å²) in [5.41, 5.74) is 21.8. The molecule has 0 aliphatic rings. The highest BCUT2D eigenvalue weighted by molar-refractivity contribution is 5.44. The van der Waals surface area contributed by atoms with Crippen LogP contribution >= 0.6 is 0 Å². The number of benzene rings is 4. The van der Waals surface area contributed by atoms with E-state index < -0.39 is 0 Å². The van der Waals surface area contributed by atoms with Crippen LogP contribution in [0.25, 0.3) is 0 Å².